The fourth-order valence-corrected chi connectivity index (χ4v) is 3.24. The van der Waals surface area contributed by atoms with E-state index in [1.807, 2.05) is 13.8 Å². The molecule has 0 saturated carbocycles. The number of likely N-dealkylation sites (tertiary alicyclic amines) is 1. The van der Waals surface area contributed by atoms with Crippen molar-refractivity contribution in [2.75, 3.05) is 19.7 Å². The van der Waals surface area contributed by atoms with E-state index in [1.54, 1.807) is 29.2 Å². The van der Waals surface area contributed by atoms with E-state index < -0.39 is 5.97 Å². The summed E-state index contributed by atoms with van der Waals surface area (Å²) in [5.74, 6) is 0.359. The van der Waals surface area contributed by atoms with E-state index in [0.717, 1.165) is 50.0 Å². The predicted octanol–water partition coefficient (Wildman–Crippen LogP) is 3.43. The Morgan fingerprint density at radius 3 is 2.50 bits per heavy atom. The molecule has 28 heavy (non-hydrogen) atoms. The maximum Gasteiger partial charge on any atom is 0.342 e. The molecular weight excluding hydrogens is 360 g/mol. The molecule has 0 radical (unpaired) electrons. The van der Waals surface area contributed by atoms with Crippen molar-refractivity contribution >= 4 is 11.9 Å². The Bertz CT molecular complexity index is 802. The number of para-hydroxylation sites is 1. The van der Waals surface area contributed by atoms with Crippen molar-refractivity contribution in [3.63, 3.8) is 0 Å². The molecule has 7 heteroatoms. The first kappa shape index (κ1) is 19.9. The molecule has 150 valence electrons. The minimum Gasteiger partial charge on any atom is -0.488 e. The fourth-order valence-electron chi connectivity index (χ4n) is 3.24. The number of hydrogen-bond acceptors (Lipinski definition) is 6. The number of aromatic nitrogens is 1. The highest BCUT2D eigenvalue weighted by Gasteiger charge is 2.20. The zero-order valence-corrected chi connectivity index (χ0v) is 16.4. The third-order valence-corrected chi connectivity index (χ3v) is 4.95. The van der Waals surface area contributed by atoms with Gasteiger partial charge in [-0.3, -0.25) is 4.79 Å². The summed E-state index contributed by atoms with van der Waals surface area (Å²) in [7, 11) is 0. The molecule has 2 heterocycles. The highest BCUT2D eigenvalue weighted by atomic mass is 16.5. The monoisotopic (exact) mass is 386 g/mol. The number of carbonyl (C=O) groups is 2. The number of amides is 1. The van der Waals surface area contributed by atoms with Gasteiger partial charge in [-0.05, 0) is 38.8 Å². The lowest BCUT2D eigenvalue weighted by atomic mass is 10.2. The smallest absolute Gasteiger partial charge is 0.342 e. The van der Waals surface area contributed by atoms with E-state index in [0.29, 0.717) is 11.5 Å². The van der Waals surface area contributed by atoms with Crippen LogP contribution in [0.15, 0.2) is 28.8 Å². The second kappa shape index (κ2) is 9.39. The summed E-state index contributed by atoms with van der Waals surface area (Å²) in [6.07, 6.45) is 4.27. The summed E-state index contributed by atoms with van der Waals surface area (Å²) >= 11 is 0. The minimum absolute atomic E-state index is 0.149. The van der Waals surface area contributed by atoms with Gasteiger partial charge in [0.2, 0.25) is 0 Å². The first-order chi connectivity index (χ1) is 13.6. The molecule has 1 amide bonds. The molecule has 7 nitrogen and oxygen atoms in total. The molecule has 0 bridgehead atoms. The first-order valence-electron chi connectivity index (χ1n) is 9.64. The molecule has 0 spiro atoms. The van der Waals surface area contributed by atoms with Crippen molar-refractivity contribution in [3.8, 4) is 5.75 Å². The molecule has 1 saturated heterocycles. The largest absolute Gasteiger partial charge is 0.488 e. The Labute approximate surface area is 164 Å². The molecule has 2 aromatic rings. The molecule has 1 fully saturated rings. The van der Waals surface area contributed by atoms with Gasteiger partial charge in [-0.25, -0.2) is 4.79 Å². The number of rotatable bonds is 6. The summed E-state index contributed by atoms with van der Waals surface area (Å²) in [6.45, 7) is 5.09. The van der Waals surface area contributed by atoms with Gasteiger partial charge in [0.15, 0.2) is 6.61 Å². The number of esters is 1. The summed E-state index contributed by atoms with van der Waals surface area (Å²) in [6, 6.07) is 6.84. The number of aryl methyl sites for hydroxylation is 2. The van der Waals surface area contributed by atoms with Crippen LogP contribution in [0.2, 0.25) is 0 Å². The third kappa shape index (κ3) is 4.91. The van der Waals surface area contributed by atoms with Crippen LogP contribution in [0.3, 0.4) is 0 Å². The topological polar surface area (TPSA) is 81.9 Å². The highest BCUT2D eigenvalue weighted by Crippen LogP contribution is 2.22. The minimum atomic E-state index is -0.572. The maximum atomic E-state index is 12.5. The summed E-state index contributed by atoms with van der Waals surface area (Å²) in [5.41, 5.74) is 1.89. The molecule has 0 aliphatic carbocycles. The summed E-state index contributed by atoms with van der Waals surface area (Å²) in [4.78, 5) is 26.6. The van der Waals surface area contributed by atoms with Gasteiger partial charge in [-0.1, -0.05) is 30.1 Å². The van der Waals surface area contributed by atoms with E-state index in [-0.39, 0.29) is 24.7 Å². The van der Waals surface area contributed by atoms with Gasteiger partial charge in [-0.2, -0.15) is 0 Å². The number of benzene rings is 1. The summed E-state index contributed by atoms with van der Waals surface area (Å²) in [5, 5.41) is 3.90. The Balaban J connectivity index is 1.60. The quantitative estimate of drug-likeness (QED) is 0.708. The average Bonchev–Trinajstić information content (AvgIpc) is 2.91. The molecule has 1 aromatic heterocycles. The van der Waals surface area contributed by atoms with Gasteiger partial charge in [0.05, 0.1) is 11.3 Å². The van der Waals surface area contributed by atoms with Crippen LogP contribution >= 0.6 is 0 Å². The Morgan fingerprint density at radius 1 is 1.11 bits per heavy atom. The Kier molecular flexibility index (Phi) is 6.68. The van der Waals surface area contributed by atoms with Gasteiger partial charge >= 0.3 is 5.97 Å². The van der Waals surface area contributed by atoms with Crippen molar-refractivity contribution in [2.24, 2.45) is 0 Å². The van der Waals surface area contributed by atoms with E-state index in [9.17, 15) is 9.59 Å². The van der Waals surface area contributed by atoms with Crippen LogP contribution < -0.4 is 4.74 Å². The summed E-state index contributed by atoms with van der Waals surface area (Å²) < 4.78 is 16.2. The van der Waals surface area contributed by atoms with E-state index in [4.69, 9.17) is 14.0 Å². The zero-order valence-electron chi connectivity index (χ0n) is 16.4. The van der Waals surface area contributed by atoms with E-state index in [2.05, 4.69) is 5.16 Å². The van der Waals surface area contributed by atoms with Gasteiger partial charge in [0.25, 0.3) is 5.91 Å². The van der Waals surface area contributed by atoms with E-state index in [1.165, 1.54) is 0 Å². The van der Waals surface area contributed by atoms with Crippen molar-refractivity contribution in [2.45, 2.75) is 46.1 Å². The average molecular weight is 386 g/mol. The van der Waals surface area contributed by atoms with Crippen molar-refractivity contribution in [3.05, 3.63) is 46.8 Å². The van der Waals surface area contributed by atoms with Crippen molar-refractivity contribution < 1.29 is 23.6 Å². The van der Waals surface area contributed by atoms with Crippen LogP contribution in [-0.4, -0.2) is 41.6 Å². The number of ether oxygens (including phenoxy) is 2. The number of hydrogen-bond donors (Lipinski definition) is 0. The number of carbonyl (C=O) groups excluding carboxylic acids is 2. The van der Waals surface area contributed by atoms with E-state index >= 15 is 0 Å². The lowest BCUT2D eigenvalue weighted by Crippen LogP contribution is -2.35. The van der Waals surface area contributed by atoms with Gasteiger partial charge in [0, 0.05) is 13.1 Å². The van der Waals surface area contributed by atoms with Crippen LogP contribution in [0.1, 0.15) is 53.1 Å². The second-order valence-corrected chi connectivity index (χ2v) is 6.96. The maximum absolute atomic E-state index is 12.5. The van der Waals surface area contributed by atoms with Crippen LogP contribution in [0, 0.1) is 13.8 Å². The Hall–Kier alpha value is -2.83. The van der Waals surface area contributed by atoms with Crippen LogP contribution in [0.25, 0.3) is 0 Å². The Morgan fingerprint density at radius 2 is 1.82 bits per heavy atom. The standard InChI is InChI=1S/C21H26N2O5/c1-15-18(16(2)28-22-15)13-26-19-10-6-5-9-17(19)21(25)27-14-20(24)23-11-7-3-4-8-12-23/h5-6,9-10H,3-4,7-8,11-14H2,1-2H3. The van der Waals surface area contributed by atoms with Gasteiger partial charge in [0.1, 0.15) is 23.7 Å². The van der Waals surface area contributed by atoms with Crippen LogP contribution in [0.5, 0.6) is 5.75 Å². The highest BCUT2D eigenvalue weighted by molar-refractivity contribution is 5.94. The molecule has 0 unspecified atom stereocenters. The molecule has 1 aliphatic rings. The van der Waals surface area contributed by atoms with Gasteiger partial charge in [-0.15, -0.1) is 0 Å². The lowest BCUT2D eigenvalue weighted by Gasteiger charge is -2.20. The normalized spacial score (nSPS) is 14.4. The van der Waals surface area contributed by atoms with Crippen LogP contribution in [-0.2, 0) is 16.1 Å². The van der Waals surface area contributed by atoms with Crippen molar-refractivity contribution in [1.29, 1.82) is 0 Å². The molecule has 0 atom stereocenters. The molecular formula is C21H26N2O5. The second-order valence-electron chi connectivity index (χ2n) is 6.96. The number of nitrogens with zero attached hydrogens (tertiary/aromatic N) is 2. The molecule has 0 N–H and O–H groups in total. The zero-order chi connectivity index (χ0) is 19.9. The molecule has 3 rings (SSSR count). The van der Waals surface area contributed by atoms with Crippen LogP contribution in [0.4, 0.5) is 0 Å². The predicted molar refractivity (Wildman–Crippen MR) is 102 cm³/mol. The SMILES string of the molecule is Cc1noc(C)c1COc1ccccc1C(=O)OCC(=O)N1CCCCCC1. The third-order valence-electron chi connectivity index (χ3n) is 4.95. The molecule has 1 aromatic carbocycles. The first-order valence-corrected chi connectivity index (χ1v) is 9.64. The lowest BCUT2D eigenvalue weighted by molar-refractivity contribution is -0.134. The molecule has 1 aliphatic heterocycles. The fraction of sp³-hybridized carbons (Fsp3) is 0.476. The van der Waals surface area contributed by atoms with Gasteiger partial charge < -0.3 is 18.9 Å². The van der Waals surface area contributed by atoms with Crippen molar-refractivity contribution in [1.82, 2.24) is 10.1 Å².